The Hall–Kier alpha value is -2.64. The minimum absolute atomic E-state index is 0.0246. The first kappa shape index (κ1) is 17.4. The molecule has 1 atom stereocenters. The van der Waals surface area contributed by atoms with Crippen LogP contribution in [0.5, 0.6) is 5.75 Å². The van der Waals surface area contributed by atoms with Gasteiger partial charge in [0.25, 0.3) is 0 Å². The lowest BCUT2D eigenvalue weighted by atomic mass is 10.1. The molecule has 120 valence electrons. The number of hydrogen-bond donors (Lipinski definition) is 0. The highest BCUT2D eigenvalue weighted by Gasteiger charge is 2.25. The zero-order valence-electron chi connectivity index (χ0n) is 12.5. The van der Waals surface area contributed by atoms with Crippen LogP contribution in [0.1, 0.15) is 19.4 Å². The van der Waals surface area contributed by atoms with Crippen molar-refractivity contribution >= 4 is 17.6 Å². The third-order valence-corrected chi connectivity index (χ3v) is 2.72. The van der Waals surface area contributed by atoms with Gasteiger partial charge in [0.2, 0.25) is 6.10 Å². The highest BCUT2D eigenvalue weighted by molar-refractivity contribution is 5.79. The van der Waals surface area contributed by atoms with Gasteiger partial charge in [-0.2, -0.15) is 0 Å². The SMILES string of the molecule is CCOC(=O)[C@@H](Cc1ccc(OC)c([N+](=O)[O-])c1)OC(C)=O. The van der Waals surface area contributed by atoms with Crippen LogP contribution in [0.3, 0.4) is 0 Å². The Morgan fingerprint density at radius 2 is 2.05 bits per heavy atom. The van der Waals surface area contributed by atoms with Gasteiger partial charge in [-0.1, -0.05) is 6.07 Å². The quantitative estimate of drug-likeness (QED) is 0.428. The molecule has 0 spiro atoms. The first-order valence-electron chi connectivity index (χ1n) is 6.54. The average Bonchev–Trinajstić information content (AvgIpc) is 2.46. The number of rotatable bonds is 7. The summed E-state index contributed by atoms with van der Waals surface area (Å²) in [6, 6.07) is 4.25. The van der Waals surface area contributed by atoms with Crippen LogP contribution in [0.25, 0.3) is 0 Å². The van der Waals surface area contributed by atoms with Gasteiger partial charge >= 0.3 is 17.6 Å². The number of carbonyl (C=O) groups is 2. The summed E-state index contributed by atoms with van der Waals surface area (Å²) in [6.45, 7) is 2.93. The van der Waals surface area contributed by atoms with E-state index in [-0.39, 0.29) is 24.5 Å². The summed E-state index contributed by atoms with van der Waals surface area (Å²) < 4.78 is 14.6. The predicted molar refractivity (Wildman–Crippen MR) is 75.5 cm³/mol. The number of nitrogens with zero attached hydrogens (tertiary/aromatic N) is 1. The number of carbonyl (C=O) groups excluding carboxylic acids is 2. The van der Waals surface area contributed by atoms with Crippen molar-refractivity contribution in [1.29, 1.82) is 0 Å². The zero-order valence-corrected chi connectivity index (χ0v) is 12.5. The van der Waals surface area contributed by atoms with E-state index in [1.807, 2.05) is 0 Å². The van der Waals surface area contributed by atoms with Gasteiger partial charge in [-0.15, -0.1) is 0 Å². The molecule has 0 N–H and O–H groups in total. The Bertz CT molecular complexity index is 570. The fourth-order valence-corrected chi connectivity index (χ4v) is 1.83. The third-order valence-electron chi connectivity index (χ3n) is 2.72. The summed E-state index contributed by atoms with van der Waals surface area (Å²) in [5.41, 5.74) is 0.220. The molecular formula is C14H17NO7. The van der Waals surface area contributed by atoms with E-state index in [9.17, 15) is 19.7 Å². The van der Waals surface area contributed by atoms with Gasteiger partial charge in [0.15, 0.2) is 5.75 Å². The van der Waals surface area contributed by atoms with Gasteiger partial charge in [-0.05, 0) is 18.6 Å². The van der Waals surface area contributed by atoms with Gasteiger partial charge in [0.05, 0.1) is 18.6 Å². The van der Waals surface area contributed by atoms with Crippen molar-refractivity contribution in [3.8, 4) is 5.75 Å². The van der Waals surface area contributed by atoms with Gasteiger partial charge in [-0.25, -0.2) is 4.79 Å². The molecule has 0 aromatic heterocycles. The molecular weight excluding hydrogens is 294 g/mol. The molecule has 8 heteroatoms. The molecule has 0 aliphatic rings. The van der Waals surface area contributed by atoms with Crippen LogP contribution in [-0.4, -0.2) is 36.7 Å². The van der Waals surface area contributed by atoms with Crippen LogP contribution in [0, 0.1) is 10.1 Å². The number of esters is 2. The maximum absolute atomic E-state index is 11.8. The van der Waals surface area contributed by atoms with Crippen LogP contribution in [-0.2, 0) is 25.5 Å². The van der Waals surface area contributed by atoms with E-state index >= 15 is 0 Å². The van der Waals surface area contributed by atoms with Crippen molar-refractivity contribution in [2.45, 2.75) is 26.4 Å². The molecule has 0 heterocycles. The fraction of sp³-hybridized carbons (Fsp3) is 0.429. The highest BCUT2D eigenvalue weighted by Crippen LogP contribution is 2.28. The Morgan fingerprint density at radius 3 is 2.55 bits per heavy atom. The van der Waals surface area contributed by atoms with Gasteiger partial charge in [-0.3, -0.25) is 14.9 Å². The van der Waals surface area contributed by atoms with E-state index in [0.717, 1.165) is 0 Å². The lowest BCUT2D eigenvalue weighted by Gasteiger charge is -2.15. The Labute approximate surface area is 127 Å². The molecule has 0 amide bonds. The van der Waals surface area contributed by atoms with E-state index in [4.69, 9.17) is 14.2 Å². The maximum Gasteiger partial charge on any atom is 0.347 e. The second kappa shape index (κ2) is 7.96. The molecule has 0 aliphatic carbocycles. The smallest absolute Gasteiger partial charge is 0.347 e. The number of benzene rings is 1. The number of ether oxygens (including phenoxy) is 3. The first-order valence-corrected chi connectivity index (χ1v) is 6.54. The minimum Gasteiger partial charge on any atom is -0.490 e. The van der Waals surface area contributed by atoms with E-state index in [1.165, 1.54) is 26.2 Å². The number of hydrogen-bond acceptors (Lipinski definition) is 7. The number of nitro benzene ring substituents is 1. The average molecular weight is 311 g/mol. The third kappa shape index (κ3) is 4.72. The van der Waals surface area contributed by atoms with Crippen molar-refractivity contribution in [1.82, 2.24) is 0 Å². The van der Waals surface area contributed by atoms with Crippen molar-refractivity contribution in [3.63, 3.8) is 0 Å². The normalized spacial score (nSPS) is 11.4. The van der Waals surface area contributed by atoms with Crippen LogP contribution in [0.4, 0.5) is 5.69 Å². The fourth-order valence-electron chi connectivity index (χ4n) is 1.83. The number of nitro groups is 1. The maximum atomic E-state index is 11.8. The van der Waals surface area contributed by atoms with Crippen molar-refractivity contribution in [2.24, 2.45) is 0 Å². The molecule has 1 aromatic rings. The second-order valence-electron chi connectivity index (χ2n) is 4.32. The molecule has 0 radical (unpaired) electrons. The highest BCUT2D eigenvalue weighted by atomic mass is 16.6. The molecule has 22 heavy (non-hydrogen) atoms. The van der Waals surface area contributed by atoms with Crippen molar-refractivity contribution in [3.05, 3.63) is 33.9 Å². The van der Waals surface area contributed by atoms with Crippen LogP contribution in [0.15, 0.2) is 18.2 Å². The Morgan fingerprint density at radius 1 is 1.36 bits per heavy atom. The van der Waals surface area contributed by atoms with Crippen LogP contribution < -0.4 is 4.74 Å². The van der Waals surface area contributed by atoms with Gasteiger partial charge in [0.1, 0.15) is 0 Å². The molecule has 0 fully saturated rings. The topological polar surface area (TPSA) is 105 Å². The lowest BCUT2D eigenvalue weighted by Crippen LogP contribution is -2.30. The molecule has 0 unspecified atom stereocenters. The monoisotopic (exact) mass is 311 g/mol. The van der Waals surface area contributed by atoms with Crippen molar-refractivity contribution < 1.29 is 28.7 Å². The predicted octanol–water partition coefficient (Wildman–Crippen LogP) is 1.64. The standard InChI is InChI=1S/C14H17NO7/c1-4-21-14(17)13(22-9(2)16)8-10-5-6-12(20-3)11(7-10)15(18)19/h5-7,13H,4,8H2,1-3H3/t13-/m1/s1. The summed E-state index contributed by atoms with van der Waals surface area (Å²) in [5, 5.41) is 11.0. The number of methoxy groups -OCH3 is 1. The molecule has 0 saturated carbocycles. The molecule has 8 nitrogen and oxygen atoms in total. The summed E-state index contributed by atoms with van der Waals surface area (Å²) in [4.78, 5) is 33.2. The second-order valence-corrected chi connectivity index (χ2v) is 4.32. The first-order chi connectivity index (χ1) is 10.4. The molecule has 0 bridgehead atoms. The Kier molecular flexibility index (Phi) is 6.30. The van der Waals surface area contributed by atoms with Crippen LogP contribution >= 0.6 is 0 Å². The summed E-state index contributed by atoms with van der Waals surface area (Å²) in [5.74, 6) is -1.23. The minimum atomic E-state index is -1.15. The van der Waals surface area contributed by atoms with E-state index in [2.05, 4.69) is 0 Å². The van der Waals surface area contributed by atoms with E-state index in [1.54, 1.807) is 13.0 Å². The van der Waals surface area contributed by atoms with Crippen LogP contribution in [0.2, 0.25) is 0 Å². The zero-order chi connectivity index (χ0) is 16.7. The van der Waals surface area contributed by atoms with E-state index in [0.29, 0.717) is 5.56 Å². The molecule has 1 rings (SSSR count). The Balaban J connectivity index is 3.02. The van der Waals surface area contributed by atoms with E-state index < -0.39 is 23.0 Å². The summed E-state index contributed by atoms with van der Waals surface area (Å²) >= 11 is 0. The molecule has 0 aliphatic heterocycles. The summed E-state index contributed by atoms with van der Waals surface area (Å²) in [7, 11) is 1.32. The van der Waals surface area contributed by atoms with Crippen molar-refractivity contribution in [2.75, 3.05) is 13.7 Å². The molecule has 1 aromatic carbocycles. The van der Waals surface area contributed by atoms with Gasteiger partial charge < -0.3 is 14.2 Å². The largest absolute Gasteiger partial charge is 0.490 e. The van der Waals surface area contributed by atoms with Gasteiger partial charge in [0, 0.05) is 19.4 Å². The summed E-state index contributed by atoms with van der Waals surface area (Å²) in [6.07, 6.45) is -1.17. The lowest BCUT2D eigenvalue weighted by molar-refractivity contribution is -0.385. The molecule has 0 saturated heterocycles.